The Bertz CT molecular complexity index is 1280. The maximum absolute atomic E-state index is 12.9. The number of anilines is 1. The van der Waals surface area contributed by atoms with E-state index >= 15 is 0 Å². The summed E-state index contributed by atoms with van der Waals surface area (Å²) < 4.78 is 18.6. The normalized spacial score (nSPS) is 25.7. The second-order valence-corrected chi connectivity index (χ2v) is 14.5. The van der Waals surface area contributed by atoms with E-state index in [1.165, 1.54) is 13.1 Å². The lowest BCUT2D eigenvalue weighted by Crippen LogP contribution is -2.46. The number of aliphatic hydroxyl groups excluding tert-OH is 2. The third kappa shape index (κ3) is 8.40. The molecular weight excluding hydrogens is 599 g/mol. The first kappa shape index (κ1) is 33.9. The molecule has 0 bridgehead atoms. The highest BCUT2D eigenvalue weighted by molar-refractivity contribution is 8.13. The summed E-state index contributed by atoms with van der Waals surface area (Å²) in [6.45, 7) is 5.74. The predicted molar refractivity (Wildman–Crippen MR) is 163 cm³/mol. The lowest BCUT2D eigenvalue weighted by molar-refractivity contribution is -0.119. The number of thioether (sulfide) groups is 1. The van der Waals surface area contributed by atoms with Crippen LogP contribution in [0.1, 0.15) is 45.4 Å². The van der Waals surface area contributed by atoms with Crippen molar-refractivity contribution in [3.63, 3.8) is 0 Å². The molecule has 2 saturated heterocycles. The predicted octanol–water partition coefficient (Wildman–Crippen LogP) is 1.62. The highest BCUT2D eigenvalue weighted by atomic mass is 32.2. The zero-order valence-electron chi connectivity index (χ0n) is 24.7. The summed E-state index contributed by atoms with van der Waals surface area (Å²) in [6.07, 6.45) is -0.318. The first-order chi connectivity index (χ1) is 20.4. The van der Waals surface area contributed by atoms with Crippen LogP contribution in [-0.4, -0.2) is 91.4 Å². The van der Waals surface area contributed by atoms with Crippen molar-refractivity contribution in [3.05, 3.63) is 58.6 Å². The van der Waals surface area contributed by atoms with Gasteiger partial charge in [0.25, 0.3) is 0 Å². The molecule has 2 fully saturated rings. The van der Waals surface area contributed by atoms with Crippen LogP contribution in [0.5, 0.6) is 0 Å². The van der Waals surface area contributed by atoms with E-state index in [1.54, 1.807) is 19.9 Å². The fourth-order valence-corrected chi connectivity index (χ4v) is 6.99. The van der Waals surface area contributed by atoms with Crippen LogP contribution < -0.4 is 15.7 Å². The summed E-state index contributed by atoms with van der Waals surface area (Å²) in [4.78, 5) is 42.7. The van der Waals surface area contributed by atoms with Crippen molar-refractivity contribution in [2.45, 2.75) is 64.2 Å². The van der Waals surface area contributed by atoms with Crippen LogP contribution in [0.2, 0.25) is 0 Å². The number of carbonyl (C=O) groups excluding carboxylic acids is 1. The summed E-state index contributed by atoms with van der Waals surface area (Å²) >= 11 is 0.975. The Kier molecular flexibility index (Phi) is 11.4. The van der Waals surface area contributed by atoms with Crippen LogP contribution in [0, 0.1) is 5.41 Å². The molecule has 4 rings (SSSR count). The smallest absolute Gasteiger partial charge is 0.395 e. The number of nitrogens with zero attached hydrogens (tertiary/aromatic N) is 3. The average Bonchev–Trinajstić information content (AvgIpc) is 3.61. The molecule has 1 aromatic carbocycles. The lowest BCUT2D eigenvalue weighted by atomic mass is 9.96. The summed E-state index contributed by atoms with van der Waals surface area (Å²) in [5.41, 5.74) is -2.56. The quantitative estimate of drug-likeness (QED) is 0.149. The van der Waals surface area contributed by atoms with Crippen molar-refractivity contribution < 1.29 is 38.8 Å². The van der Waals surface area contributed by atoms with Crippen LogP contribution >= 0.6 is 19.9 Å². The third-order valence-electron chi connectivity index (χ3n) is 7.52. The second-order valence-electron chi connectivity index (χ2n) is 11.5. The second kappa shape index (κ2) is 14.4. The average molecular weight is 642 g/mol. The molecule has 15 heteroatoms. The number of nitrogens with one attached hydrogen (secondary N) is 1. The highest BCUT2D eigenvalue weighted by Crippen LogP contribution is 2.54. The number of aliphatic hydroxyl groups is 3. The zero-order chi connectivity index (χ0) is 31.3. The number of rotatable bonds is 14. The number of hydrogen-bond acceptors (Lipinski definition) is 13. The molecule has 13 nitrogen and oxygen atoms in total. The number of aromatic nitrogens is 2. The topological polar surface area (TPSA) is 176 Å². The van der Waals surface area contributed by atoms with Gasteiger partial charge in [0.05, 0.1) is 18.6 Å². The van der Waals surface area contributed by atoms with E-state index in [2.05, 4.69) is 10.1 Å². The van der Waals surface area contributed by atoms with Crippen molar-refractivity contribution in [3.8, 4) is 0 Å². The Morgan fingerprint density at radius 2 is 1.93 bits per heavy atom. The van der Waals surface area contributed by atoms with Gasteiger partial charge in [-0.1, -0.05) is 42.1 Å². The van der Waals surface area contributed by atoms with E-state index in [4.69, 9.17) is 13.8 Å². The van der Waals surface area contributed by atoms with Gasteiger partial charge in [-0.15, -0.1) is 5.09 Å². The van der Waals surface area contributed by atoms with Crippen molar-refractivity contribution >= 4 is 30.8 Å². The van der Waals surface area contributed by atoms with Gasteiger partial charge in [-0.05, 0) is 45.2 Å². The molecule has 5 atom stereocenters. The number of benzene rings is 1. The molecule has 0 saturated carbocycles. The number of carbonyl (C=O) groups is 1. The fraction of sp³-hybridized carbons (Fsp3) is 0.607. The van der Waals surface area contributed by atoms with E-state index < -0.39 is 43.2 Å². The van der Waals surface area contributed by atoms with Gasteiger partial charge in [0.2, 0.25) is 0 Å². The Morgan fingerprint density at radius 1 is 1.23 bits per heavy atom. The van der Waals surface area contributed by atoms with Gasteiger partial charge in [-0.2, -0.15) is 18.9 Å². The number of hydrogen-bond donors (Lipinski definition) is 5. The standard InChI is InChI=1S/C28H42N4O9PS/c1-27(2,19-33)25(35)43-16-15-39-42(38,29-17-20-9-5-4-6-10-20)40-18-21-23(34)28(3,37)24(41-21)32-14-11-22(30-26(32)36)31-12-7-8-13-31/h4-6,9-11,14,21,23-24,29,33-34,37-38H,7-8,12-13,15-19H2,1-3H3/q+1/t21-,23-,24-,28-,42?/m1/s1. The van der Waals surface area contributed by atoms with Gasteiger partial charge in [0, 0.05) is 25.0 Å². The molecule has 0 radical (unpaired) electrons. The molecule has 0 aliphatic carbocycles. The first-order valence-corrected chi connectivity index (χ1v) is 16.8. The molecule has 43 heavy (non-hydrogen) atoms. The molecule has 1 unspecified atom stereocenters. The van der Waals surface area contributed by atoms with E-state index in [1.807, 2.05) is 35.2 Å². The molecule has 3 heterocycles. The van der Waals surface area contributed by atoms with Crippen molar-refractivity contribution in [1.82, 2.24) is 14.6 Å². The summed E-state index contributed by atoms with van der Waals surface area (Å²) in [7, 11) is -3.77. The van der Waals surface area contributed by atoms with E-state index in [0.717, 1.165) is 47.8 Å². The molecule has 5 N–H and O–H groups in total. The largest absolute Gasteiger partial charge is 0.499 e. The zero-order valence-corrected chi connectivity index (χ0v) is 26.4. The van der Waals surface area contributed by atoms with Gasteiger partial charge >= 0.3 is 13.8 Å². The van der Waals surface area contributed by atoms with Gasteiger partial charge < -0.3 is 25.0 Å². The van der Waals surface area contributed by atoms with E-state index in [0.29, 0.717) is 5.82 Å². The van der Waals surface area contributed by atoms with Crippen LogP contribution in [0.25, 0.3) is 0 Å². The van der Waals surface area contributed by atoms with Crippen LogP contribution in [0.3, 0.4) is 0 Å². The monoisotopic (exact) mass is 641 g/mol. The molecule has 1 aromatic heterocycles. The maximum atomic E-state index is 12.9. The summed E-state index contributed by atoms with van der Waals surface area (Å²) in [5.74, 6) is 0.747. The Labute approximate surface area is 255 Å². The lowest BCUT2D eigenvalue weighted by Gasteiger charge is -2.27. The van der Waals surface area contributed by atoms with Gasteiger partial charge in [-0.25, -0.2) is 4.79 Å². The highest BCUT2D eigenvalue weighted by Gasteiger charge is 2.55. The number of ether oxygens (including phenoxy) is 1. The summed E-state index contributed by atoms with van der Waals surface area (Å²) in [5, 5.41) is 34.2. The van der Waals surface area contributed by atoms with E-state index in [9.17, 15) is 29.8 Å². The van der Waals surface area contributed by atoms with Crippen LogP contribution in [-0.2, 0) is 25.1 Å². The van der Waals surface area contributed by atoms with Crippen molar-refractivity contribution in [1.29, 1.82) is 0 Å². The minimum Gasteiger partial charge on any atom is -0.395 e. The van der Waals surface area contributed by atoms with Crippen LogP contribution in [0.15, 0.2) is 47.4 Å². The SMILES string of the molecule is CC(C)(CO)C(=O)SCCO[P+](O)(NCc1ccccc1)OC[C@H]1O[C@@H](n2ccc(N3CCCC3)nc2=O)[C@](C)(O)[C@@H]1O. The van der Waals surface area contributed by atoms with Gasteiger partial charge in [-0.3, -0.25) is 9.36 Å². The Hall–Kier alpha value is -1.97. The van der Waals surface area contributed by atoms with Crippen LogP contribution in [0.4, 0.5) is 5.82 Å². The molecule has 2 aliphatic rings. The molecule has 2 aromatic rings. The fourth-order valence-electron chi connectivity index (χ4n) is 4.73. The Balaban J connectivity index is 1.42. The molecule has 0 amide bonds. The maximum Gasteiger partial charge on any atom is 0.499 e. The Morgan fingerprint density at radius 3 is 2.58 bits per heavy atom. The van der Waals surface area contributed by atoms with Crippen molar-refractivity contribution in [2.75, 3.05) is 43.6 Å². The third-order valence-corrected chi connectivity index (χ3v) is 10.3. The molecular formula is C28H42N4O9PS+. The summed E-state index contributed by atoms with van der Waals surface area (Å²) in [6, 6.07) is 11.0. The first-order valence-electron chi connectivity index (χ1n) is 14.2. The molecule has 238 valence electrons. The minimum absolute atomic E-state index is 0.0527. The van der Waals surface area contributed by atoms with Crippen molar-refractivity contribution in [2.24, 2.45) is 5.41 Å². The van der Waals surface area contributed by atoms with Gasteiger partial charge in [0.15, 0.2) is 11.3 Å². The molecule has 0 spiro atoms. The van der Waals surface area contributed by atoms with E-state index in [-0.39, 0.29) is 37.2 Å². The van der Waals surface area contributed by atoms with Gasteiger partial charge in [0.1, 0.15) is 36.8 Å². The molecule has 2 aliphatic heterocycles. The minimum atomic E-state index is -3.77.